The number of rotatable bonds is 4. The molecule has 1 atom stereocenters. The summed E-state index contributed by atoms with van der Waals surface area (Å²) in [4.78, 5) is 7.78. The van der Waals surface area contributed by atoms with Crippen LogP contribution in [-0.2, 0) is 29.5 Å². The number of aromatic nitrogens is 6. The van der Waals surface area contributed by atoms with Crippen LogP contribution in [0.4, 0.5) is 13.2 Å². The zero-order valence-corrected chi connectivity index (χ0v) is 16.9. The first-order valence-electron chi connectivity index (χ1n) is 8.60. The minimum absolute atomic E-state index is 0.190. The van der Waals surface area contributed by atoms with Crippen LogP contribution in [0.1, 0.15) is 17.1 Å². The molecule has 0 aliphatic rings. The third kappa shape index (κ3) is 3.67. The van der Waals surface area contributed by atoms with Crippen LogP contribution in [0, 0.1) is 6.92 Å². The van der Waals surface area contributed by atoms with Gasteiger partial charge in [-0.15, -0.1) is 0 Å². The standard InChI is InChI=1S/C17H16F3N7O2S/c1-10-15(30(3,28)22-7-11-6-21-26(2)8-11)27-9-12(4-5-13(27)23-10)14-24-16(29-25-14)17(18,19)20/h4-6,8-9H,7H2,1-3H3. The molecule has 0 spiro atoms. The van der Waals surface area contributed by atoms with E-state index in [1.807, 2.05) is 0 Å². The van der Waals surface area contributed by atoms with Gasteiger partial charge in [-0.25, -0.2) is 13.6 Å². The predicted octanol–water partition coefficient (Wildman–Crippen LogP) is 3.10. The Labute approximate surface area is 168 Å². The first-order valence-corrected chi connectivity index (χ1v) is 10.5. The number of alkyl halides is 3. The summed E-state index contributed by atoms with van der Waals surface area (Å²) in [7, 11) is -1.12. The van der Waals surface area contributed by atoms with E-state index in [1.165, 1.54) is 22.9 Å². The molecule has 0 N–H and O–H groups in total. The van der Waals surface area contributed by atoms with Crippen LogP contribution < -0.4 is 0 Å². The van der Waals surface area contributed by atoms with Crippen molar-refractivity contribution in [2.24, 2.45) is 11.4 Å². The maximum atomic E-state index is 13.4. The lowest BCUT2D eigenvalue weighted by atomic mass is 10.3. The van der Waals surface area contributed by atoms with Crippen molar-refractivity contribution >= 4 is 15.4 Å². The highest BCUT2D eigenvalue weighted by Crippen LogP contribution is 2.30. The van der Waals surface area contributed by atoms with Gasteiger partial charge in [0.1, 0.15) is 10.7 Å². The Morgan fingerprint density at radius 3 is 2.63 bits per heavy atom. The zero-order valence-electron chi connectivity index (χ0n) is 16.1. The van der Waals surface area contributed by atoms with Crippen molar-refractivity contribution < 1.29 is 21.9 Å². The van der Waals surface area contributed by atoms with Crippen LogP contribution in [-0.4, -0.2) is 39.8 Å². The molecule has 4 aromatic rings. The molecular formula is C17H16F3N7O2S. The lowest BCUT2D eigenvalue weighted by Crippen LogP contribution is -2.05. The summed E-state index contributed by atoms with van der Waals surface area (Å²) in [5.41, 5.74) is 2.02. The van der Waals surface area contributed by atoms with E-state index >= 15 is 0 Å². The molecule has 0 aliphatic carbocycles. The molecule has 0 saturated heterocycles. The summed E-state index contributed by atoms with van der Waals surface area (Å²) in [6.45, 7) is 1.89. The fourth-order valence-corrected chi connectivity index (χ4v) is 4.62. The van der Waals surface area contributed by atoms with E-state index in [9.17, 15) is 17.4 Å². The lowest BCUT2D eigenvalue weighted by molar-refractivity contribution is -0.159. The second-order valence-electron chi connectivity index (χ2n) is 6.68. The van der Waals surface area contributed by atoms with Crippen molar-refractivity contribution in [3.63, 3.8) is 0 Å². The average Bonchev–Trinajstić information content (AvgIpc) is 3.36. The third-order valence-corrected chi connectivity index (χ3v) is 6.11. The number of halogens is 3. The summed E-state index contributed by atoms with van der Waals surface area (Å²) in [5, 5.41) is 7.80. The topological polar surface area (TPSA) is 103 Å². The van der Waals surface area contributed by atoms with Crippen LogP contribution >= 0.6 is 0 Å². The van der Waals surface area contributed by atoms with Crippen LogP contribution in [0.25, 0.3) is 17.0 Å². The maximum absolute atomic E-state index is 13.4. The van der Waals surface area contributed by atoms with Crippen molar-refractivity contribution in [3.05, 3.63) is 47.9 Å². The van der Waals surface area contributed by atoms with Gasteiger partial charge in [-0.2, -0.15) is 23.3 Å². The van der Waals surface area contributed by atoms with Crippen LogP contribution in [0.3, 0.4) is 0 Å². The van der Waals surface area contributed by atoms with Gasteiger partial charge in [-0.3, -0.25) is 9.08 Å². The van der Waals surface area contributed by atoms with E-state index < -0.39 is 21.8 Å². The molecule has 13 heteroatoms. The van der Waals surface area contributed by atoms with Crippen molar-refractivity contribution in [1.29, 1.82) is 0 Å². The Hall–Kier alpha value is -3.22. The summed E-state index contributed by atoms with van der Waals surface area (Å²) in [6, 6.07) is 3.09. The fourth-order valence-electron chi connectivity index (χ4n) is 3.00. The van der Waals surface area contributed by atoms with Crippen LogP contribution in [0.15, 0.2) is 44.6 Å². The molecule has 4 heterocycles. The second kappa shape index (κ2) is 6.93. The minimum Gasteiger partial charge on any atom is -0.329 e. The number of imidazole rings is 1. The number of hydrogen-bond acceptors (Lipinski definition) is 7. The molecule has 1 unspecified atom stereocenters. The van der Waals surface area contributed by atoms with Gasteiger partial charge in [-0.05, 0) is 19.1 Å². The molecule has 4 aromatic heterocycles. The SMILES string of the molecule is Cc1nc2ccc(-c3noc(C(F)(F)F)n3)cn2c1S(C)(=O)=NCc1cnn(C)c1. The smallest absolute Gasteiger partial charge is 0.329 e. The highest BCUT2D eigenvalue weighted by Gasteiger charge is 2.38. The van der Waals surface area contributed by atoms with Gasteiger partial charge in [0.2, 0.25) is 5.82 Å². The Morgan fingerprint density at radius 2 is 2.00 bits per heavy atom. The number of hydrogen-bond donors (Lipinski definition) is 0. The summed E-state index contributed by atoms with van der Waals surface area (Å²) in [5.74, 6) is -1.68. The predicted molar refractivity (Wildman–Crippen MR) is 99.9 cm³/mol. The van der Waals surface area contributed by atoms with Gasteiger partial charge >= 0.3 is 12.1 Å². The number of nitrogens with zero attached hydrogens (tertiary/aromatic N) is 7. The molecule has 0 saturated carbocycles. The van der Waals surface area contributed by atoms with Crippen molar-refractivity contribution in [1.82, 2.24) is 29.3 Å². The van der Waals surface area contributed by atoms with Crippen molar-refractivity contribution in [2.75, 3.05) is 6.26 Å². The van der Waals surface area contributed by atoms with E-state index in [0.717, 1.165) is 5.56 Å². The highest BCUT2D eigenvalue weighted by atomic mass is 32.2. The monoisotopic (exact) mass is 439 g/mol. The molecule has 30 heavy (non-hydrogen) atoms. The molecule has 0 bridgehead atoms. The van der Waals surface area contributed by atoms with Crippen LogP contribution in [0.5, 0.6) is 0 Å². The van der Waals surface area contributed by atoms with Crippen LogP contribution in [0.2, 0.25) is 0 Å². The Kier molecular flexibility index (Phi) is 4.64. The molecule has 0 aliphatic heterocycles. The molecule has 0 radical (unpaired) electrons. The molecule has 158 valence electrons. The molecule has 0 fully saturated rings. The first-order chi connectivity index (χ1) is 14.0. The van der Waals surface area contributed by atoms with E-state index in [0.29, 0.717) is 16.4 Å². The quantitative estimate of drug-likeness (QED) is 0.484. The molecule has 0 aromatic carbocycles. The van der Waals surface area contributed by atoms with E-state index in [1.54, 1.807) is 37.1 Å². The number of aryl methyl sites for hydroxylation is 2. The van der Waals surface area contributed by atoms with Gasteiger partial charge < -0.3 is 4.52 Å². The third-order valence-electron chi connectivity index (χ3n) is 4.27. The van der Waals surface area contributed by atoms with E-state index in [-0.39, 0.29) is 17.9 Å². The maximum Gasteiger partial charge on any atom is 0.471 e. The zero-order chi connectivity index (χ0) is 21.7. The second-order valence-corrected chi connectivity index (χ2v) is 8.93. The van der Waals surface area contributed by atoms with E-state index in [4.69, 9.17) is 0 Å². The number of pyridine rings is 1. The summed E-state index contributed by atoms with van der Waals surface area (Å²) >= 11 is 0. The Morgan fingerprint density at radius 1 is 1.23 bits per heavy atom. The van der Waals surface area contributed by atoms with Crippen molar-refractivity contribution in [2.45, 2.75) is 24.7 Å². The van der Waals surface area contributed by atoms with Gasteiger partial charge in [0.15, 0.2) is 0 Å². The summed E-state index contributed by atoms with van der Waals surface area (Å²) < 4.78 is 63.4. The van der Waals surface area contributed by atoms with Gasteiger partial charge in [0, 0.05) is 36.8 Å². The Balaban J connectivity index is 1.78. The number of fused-ring (bicyclic) bond motifs is 1. The molecule has 0 amide bonds. The lowest BCUT2D eigenvalue weighted by Gasteiger charge is -2.07. The van der Waals surface area contributed by atoms with Gasteiger partial charge in [0.25, 0.3) is 0 Å². The fraction of sp³-hybridized carbons (Fsp3) is 0.294. The Bertz CT molecular complexity index is 1360. The first kappa shape index (κ1) is 20.1. The van der Waals surface area contributed by atoms with Crippen molar-refractivity contribution in [3.8, 4) is 11.4 Å². The van der Waals surface area contributed by atoms with E-state index in [2.05, 4.69) is 29.1 Å². The minimum atomic E-state index is -4.74. The molecule has 4 rings (SSSR count). The molecular weight excluding hydrogens is 423 g/mol. The summed E-state index contributed by atoms with van der Waals surface area (Å²) in [6.07, 6.45) is 1.62. The normalized spacial score (nSPS) is 14.2. The van der Waals surface area contributed by atoms with Gasteiger partial charge in [0.05, 0.1) is 28.2 Å². The van der Waals surface area contributed by atoms with Gasteiger partial charge in [-0.1, -0.05) is 5.16 Å². The largest absolute Gasteiger partial charge is 0.471 e. The molecule has 9 nitrogen and oxygen atoms in total. The highest BCUT2D eigenvalue weighted by molar-refractivity contribution is 7.92. The average molecular weight is 439 g/mol.